The third-order valence-electron chi connectivity index (χ3n) is 3.52. The summed E-state index contributed by atoms with van der Waals surface area (Å²) in [7, 11) is 0. The molecule has 0 saturated carbocycles. The van der Waals surface area contributed by atoms with Crippen molar-refractivity contribution in [2.24, 2.45) is 0 Å². The minimum atomic E-state index is 0.847. The molecule has 4 aromatic rings. The van der Waals surface area contributed by atoms with Crippen LogP contribution in [-0.4, -0.2) is 25.0 Å². The number of H-pyrrole nitrogens is 1. The minimum absolute atomic E-state index is 0.847. The molecule has 0 bridgehead atoms. The average Bonchev–Trinajstić information content (AvgIpc) is 3.14. The number of aromatic amines is 1. The monoisotopic (exact) mass is 275 g/mol. The number of hydrogen-bond acceptors (Lipinski definition) is 3. The molecule has 0 unspecified atom stereocenters. The third kappa shape index (κ3) is 1.99. The van der Waals surface area contributed by atoms with Crippen LogP contribution in [0.3, 0.4) is 0 Å². The molecule has 0 aliphatic heterocycles. The molecule has 0 fully saturated rings. The van der Waals surface area contributed by atoms with E-state index in [2.05, 4.69) is 51.5 Å². The lowest BCUT2D eigenvalue weighted by molar-refractivity contribution is 0.808. The fraction of sp³-hybridized carbons (Fsp3) is 0.0625. The summed E-state index contributed by atoms with van der Waals surface area (Å²) in [4.78, 5) is 7.43. The van der Waals surface area contributed by atoms with Gasteiger partial charge in [-0.15, -0.1) is 5.10 Å². The maximum atomic E-state index is 4.28. The van der Waals surface area contributed by atoms with E-state index in [1.54, 1.807) is 10.9 Å². The molecule has 0 aliphatic rings. The molecule has 5 nitrogen and oxygen atoms in total. The minimum Gasteiger partial charge on any atom is -0.344 e. The maximum absolute atomic E-state index is 4.28. The number of pyridine rings is 1. The molecule has 5 heteroatoms. The Labute approximate surface area is 121 Å². The SMILES string of the molecule is Cc1ccc(-c2cn(-c3c[nH]c4ncccc34)nn2)cc1. The van der Waals surface area contributed by atoms with Crippen LogP contribution in [0.1, 0.15) is 5.56 Å². The van der Waals surface area contributed by atoms with Crippen LogP contribution >= 0.6 is 0 Å². The fourth-order valence-corrected chi connectivity index (χ4v) is 2.37. The molecule has 1 N–H and O–H groups in total. The lowest BCUT2D eigenvalue weighted by Gasteiger charge is -1.97. The van der Waals surface area contributed by atoms with Crippen LogP contribution in [0.2, 0.25) is 0 Å². The van der Waals surface area contributed by atoms with Crippen LogP contribution in [-0.2, 0) is 0 Å². The van der Waals surface area contributed by atoms with E-state index in [1.807, 2.05) is 24.5 Å². The Morgan fingerprint density at radius 2 is 1.95 bits per heavy atom. The Balaban J connectivity index is 1.79. The largest absolute Gasteiger partial charge is 0.344 e. The van der Waals surface area contributed by atoms with Gasteiger partial charge in [-0.2, -0.15) is 0 Å². The summed E-state index contributed by atoms with van der Waals surface area (Å²) in [5.74, 6) is 0. The number of aryl methyl sites for hydroxylation is 1. The van der Waals surface area contributed by atoms with Gasteiger partial charge in [0.1, 0.15) is 11.3 Å². The number of benzene rings is 1. The highest BCUT2D eigenvalue weighted by molar-refractivity contribution is 5.85. The van der Waals surface area contributed by atoms with Crippen molar-refractivity contribution in [3.8, 4) is 16.9 Å². The predicted molar refractivity (Wildman–Crippen MR) is 81.2 cm³/mol. The summed E-state index contributed by atoms with van der Waals surface area (Å²) in [6.07, 6.45) is 5.59. The first kappa shape index (κ1) is 11.8. The maximum Gasteiger partial charge on any atom is 0.139 e. The van der Waals surface area contributed by atoms with Gasteiger partial charge in [0.15, 0.2) is 0 Å². The predicted octanol–water partition coefficient (Wildman–Crippen LogP) is 3.12. The van der Waals surface area contributed by atoms with Gasteiger partial charge < -0.3 is 4.98 Å². The van der Waals surface area contributed by atoms with Crippen molar-refractivity contribution in [3.05, 3.63) is 60.6 Å². The molecule has 3 heterocycles. The molecule has 0 radical (unpaired) electrons. The number of fused-ring (bicyclic) bond motifs is 1. The smallest absolute Gasteiger partial charge is 0.139 e. The second-order valence-corrected chi connectivity index (χ2v) is 4.99. The van der Waals surface area contributed by atoms with Gasteiger partial charge in [0.2, 0.25) is 0 Å². The number of nitrogens with one attached hydrogen (secondary N) is 1. The van der Waals surface area contributed by atoms with Gasteiger partial charge in [-0.1, -0.05) is 35.0 Å². The molecule has 0 amide bonds. The van der Waals surface area contributed by atoms with Gasteiger partial charge in [0.25, 0.3) is 0 Å². The van der Waals surface area contributed by atoms with E-state index in [9.17, 15) is 0 Å². The molecule has 0 atom stereocenters. The summed E-state index contributed by atoms with van der Waals surface area (Å²) in [6, 6.07) is 12.2. The average molecular weight is 275 g/mol. The van der Waals surface area contributed by atoms with E-state index >= 15 is 0 Å². The highest BCUT2D eigenvalue weighted by atomic mass is 15.4. The number of aromatic nitrogens is 5. The molecule has 0 aliphatic carbocycles. The molecule has 0 saturated heterocycles. The van der Waals surface area contributed by atoms with E-state index in [0.717, 1.165) is 28.0 Å². The molecular weight excluding hydrogens is 262 g/mol. The lowest BCUT2D eigenvalue weighted by Crippen LogP contribution is -1.93. The molecule has 3 aromatic heterocycles. The first-order chi connectivity index (χ1) is 10.3. The van der Waals surface area contributed by atoms with Crippen LogP contribution < -0.4 is 0 Å². The van der Waals surface area contributed by atoms with Gasteiger partial charge in [-0.05, 0) is 19.1 Å². The zero-order valence-electron chi connectivity index (χ0n) is 11.5. The quantitative estimate of drug-likeness (QED) is 0.611. The van der Waals surface area contributed by atoms with E-state index in [1.165, 1.54) is 5.56 Å². The second kappa shape index (κ2) is 4.56. The number of rotatable bonds is 2. The van der Waals surface area contributed by atoms with Gasteiger partial charge >= 0.3 is 0 Å². The van der Waals surface area contributed by atoms with Crippen molar-refractivity contribution in [2.75, 3.05) is 0 Å². The Kier molecular flexibility index (Phi) is 2.57. The van der Waals surface area contributed by atoms with Gasteiger partial charge in [-0.3, -0.25) is 0 Å². The zero-order valence-corrected chi connectivity index (χ0v) is 11.5. The first-order valence-corrected chi connectivity index (χ1v) is 6.73. The van der Waals surface area contributed by atoms with Crippen LogP contribution in [0.5, 0.6) is 0 Å². The highest BCUT2D eigenvalue weighted by Gasteiger charge is 2.09. The molecule has 1 aromatic carbocycles. The van der Waals surface area contributed by atoms with Crippen molar-refractivity contribution in [2.45, 2.75) is 6.92 Å². The van der Waals surface area contributed by atoms with Crippen LogP contribution in [0.25, 0.3) is 28.0 Å². The molecule has 102 valence electrons. The summed E-state index contributed by atoms with van der Waals surface area (Å²) < 4.78 is 1.77. The van der Waals surface area contributed by atoms with E-state index in [0.29, 0.717) is 0 Å². The molecule has 4 rings (SSSR count). The summed E-state index contributed by atoms with van der Waals surface area (Å²) >= 11 is 0. The summed E-state index contributed by atoms with van der Waals surface area (Å²) in [5.41, 5.74) is 4.94. The highest BCUT2D eigenvalue weighted by Crippen LogP contribution is 2.22. The van der Waals surface area contributed by atoms with Crippen molar-refractivity contribution in [1.29, 1.82) is 0 Å². The Morgan fingerprint density at radius 3 is 2.81 bits per heavy atom. The zero-order chi connectivity index (χ0) is 14.2. The second-order valence-electron chi connectivity index (χ2n) is 4.99. The molecule has 0 spiro atoms. The fourth-order valence-electron chi connectivity index (χ4n) is 2.37. The van der Waals surface area contributed by atoms with Crippen molar-refractivity contribution >= 4 is 11.0 Å². The van der Waals surface area contributed by atoms with E-state index < -0.39 is 0 Å². The van der Waals surface area contributed by atoms with E-state index in [4.69, 9.17) is 0 Å². The Morgan fingerprint density at radius 1 is 1.10 bits per heavy atom. The first-order valence-electron chi connectivity index (χ1n) is 6.73. The van der Waals surface area contributed by atoms with Crippen molar-refractivity contribution in [3.63, 3.8) is 0 Å². The van der Waals surface area contributed by atoms with Crippen molar-refractivity contribution < 1.29 is 0 Å². The number of hydrogen-bond donors (Lipinski definition) is 1. The standard InChI is InChI=1S/C16H13N5/c1-11-4-6-12(7-5-11)14-10-21(20-19-14)15-9-18-16-13(15)3-2-8-17-16/h2-10H,1H3,(H,17,18). The summed E-state index contributed by atoms with van der Waals surface area (Å²) in [5, 5.41) is 9.51. The Hall–Kier alpha value is -2.95. The van der Waals surface area contributed by atoms with Crippen LogP contribution in [0, 0.1) is 6.92 Å². The van der Waals surface area contributed by atoms with Crippen LogP contribution in [0.4, 0.5) is 0 Å². The molecular formula is C16H13N5. The normalized spacial score (nSPS) is 11.1. The van der Waals surface area contributed by atoms with Crippen molar-refractivity contribution in [1.82, 2.24) is 25.0 Å². The summed E-state index contributed by atoms with van der Waals surface area (Å²) in [6.45, 7) is 2.07. The third-order valence-corrected chi connectivity index (χ3v) is 3.52. The topological polar surface area (TPSA) is 59.4 Å². The lowest BCUT2D eigenvalue weighted by atomic mass is 10.1. The van der Waals surface area contributed by atoms with Gasteiger partial charge in [0, 0.05) is 23.3 Å². The Bertz CT molecular complexity index is 902. The van der Waals surface area contributed by atoms with Crippen LogP contribution in [0.15, 0.2) is 55.0 Å². The van der Waals surface area contributed by atoms with Gasteiger partial charge in [0.05, 0.1) is 11.9 Å². The number of nitrogens with zero attached hydrogens (tertiary/aromatic N) is 4. The van der Waals surface area contributed by atoms with Gasteiger partial charge in [-0.25, -0.2) is 9.67 Å². The van der Waals surface area contributed by atoms with E-state index in [-0.39, 0.29) is 0 Å². The molecule has 21 heavy (non-hydrogen) atoms.